The molecule has 0 bridgehead atoms. The van der Waals surface area contributed by atoms with Gasteiger partial charge in [-0.2, -0.15) is 13.2 Å². The Bertz CT molecular complexity index is 362. The van der Waals surface area contributed by atoms with Gasteiger partial charge in [-0.3, -0.25) is 0 Å². The molecule has 90 valence electrons. The van der Waals surface area contributed by atoms with Crippen molar-refractivity contribution in [2.45, 2.75) is 25.6 Å². The van der Waals surface area contributed by atoms with Gasteiger partial charge in [0.05, 0.1) is 17.8 Å². The third-order valence-corrected chi connectivity index (χ3v) is 1.95. The van der Waals surface area contributed by atoms with Crippen molar-refractivity contribution in [3.8, 4) is 0 Å². The van der Waals surface area contributed by atoms with Gasteiger partial charge < -0.3 is 11.1 Å². The predicted octanol–water partition coefficient (Wildman–Crippen LogP) is 3.16. The average Bonchev–Trinajstić information content (AvgIpc) is 2.08. The van der Waals surface area contributed by atoms with Crippen LogP contribution in [0.4, 0.5) is 28.9 Å². The minimum atomic E-state index is -4.26. The zero-order chi connectivity index (χ0) is 12.3. The molecular weight excluding hydrogens is 224 g/mol. The first kappa shape index (κ1) is 12.6. The second kappa shape index (κ2) is 4.59. The highest BCUT2D eigenvalue weighted by Crippen LogP contribution is 2.25. The molecule has 0 amide bonds. The number of benzene rings is 1. The normalized spacial score (nSPS) is 13.6. The zero-order valence-corrected chi connectivity index (χ0v) is 8.61. The molecule has 2 nitrogen and oxygen atoms in total. The molecular formula is C10H12F4N2. The molecule has 0 heterocycles. The van der Waals surface area contributed by atoms with Crippen molar-refractivity contribution in [3.63, 3.8) is 0 Å². The van der Waals surface area contributed by atoms with E-state index in [4.69, 9.17) is 5.73 Å². The number of halogens is 4. The molecule has 0 fully saturated rings. The topological polar surface area (TPSA) is 38.0 Å². The van der Waals surface area contributed by atoms with E-state index in [-0.39, 0.29) is 11.4 Å². The molecule has 6 heteroatoms. The second-order valence-corrected chi connectivity index (χ2v) is 3.60. The Kier molecular flexibility index (Phi) is 3.62. The van der Waals surface area contributed by atoms with E-state index in [2.05, 4.69) is 5.32 Å². The molecule has 1 aromatic carbocycles. The van der Waals surface area contributed by atoms with E-state index in [9.17, 15) is 17.6 Å². The van der Waals surface area contributed by atoms with Crippen molar-refractivity contribution >= 4 is 11.4 Å². The number of nitrogens with one attached hydrogen (secondary N) is 1. The monoisotopic (exact) mass is 236 g/mol. The maximum Gasteiger partial charge on any atom is 0.391 e. The molecule has 0 saturated heterocycles. The van der Waals surface area contributed by atoms with Gasteiger partial charge in [0.25, 0.3) is 0 Å². The number of alkyl halides is 3. The first-order chi connectivity index (χ1) is 7.28. The van der Waals surface area contributed by atoms with E-state index in [0.29, 0.717) is 0 Å². The fraction of sp³-hybridized carbons (Fsp3) is 0.400. The van der Waals surface area contributed by atoms with Crippen LogP contribution in [0.15, 0.2) is 18.2 Å². The van der Waals surface area contributed by atoms with E-state index in [1.165, 1.54) is 13.0 Å². The Balaban J connectivity index is 2.69. The lowest BCUT2D eigenvalue weighted by atomic mass is 10.2. The molecule has 0 aliphatic carbocycles. The van der Waals surface area contributed by atoms with Crippen LogP contribution in [0, 0.1) is 5.82 Å². The molecule has 0 aliphatic heterocycles. The van der Waals surface area contributed by atoms with Gasteiger partial charge in [0.15, 0.2) is 0 Å². The van der Waals surface area contributed by atoms with Crippen LogP contribution in [-0.2, 0) is 0 Å². The molecule has 0 aromatic heterocycles. The third kappa shape index (κ3) is 3.96. The van der Waals surface area contributed by atoms with Crippen molar-refractivity contribution in [3.05, 3.63) is 24.0 Å². The van der Waals surface area contributed by atoms with Gasteiger partial charge in [-0.15, -0.1) is 0 Å². The van der Waals surface area contributed by atoms with Crippen LogP contribution in [0.2, 0.25) is 0 Å². The highest BCUT2D eigenvalue weighted by atomic mass is 19.4. The van der Waals surface area contributed by atoms with E-state index < -0.39 is 24.5 Å². The molecule has 0 radical (unpaired) electrons. The summed E-state index contributed by atoms with van der Waals surface area (Å²) in [6.07, 6.45) is -5.25. The predicted molar refractivity (Wildman–Crippen MR) is 54.6 cm³/mol. The van der Waals surface area contributed by atoms with Crippen LogP contribution >= 0.6 is 0 Å². The average molecular weight is 236 g/mol. The fourth-order valence-corrected chi connectivity index (χ4v) is 1.32. The minimum Gasteiger partial charge on any atom is -0.397 e. The first-order valence-corrected chi connectivity index (χ1v) is 4.66. The van der Waals surface area contributed by atoms with Crippen molar-refractivity contribution < 1.29 is 17.6 Å². The van der Waals surface area contributed by atoms with Gasteiger partial charge in [-0.25, -0.2) is 4.39 Å². The standard InChI is InChI=1S/C10H12F4N2/c1-6(5-10(12,13)14)16-9-4-7(11)2-3-8(9)15/h2-4,6,16H,5,15H2,1H3. The highest BCUT2D eigenvalue weighted by Gasteiger charge is 2.30. The molecule has 1 unspecified atom stereocenters. The van der Waals surface area contributed by atoms with Crippen molar-refractivity contribution in [1.29, 1.82) is 0 Å². The number of anilines is 2. The molecule has 1 aromatic rings. The summed E-state index contributed by atoms with van der Waals surface area (Å²) in [5.74, 6) is -0.545. The van der Waals surface area contributed by atoms with Gasteiger partial charge in [0, 0.05) is 6.04 Å². The van der Waals surface area contributed by atoms with Gasteiger partial charge in [0.1, 0.15) is 5.82 Å². The quantitative estimate of drug-likeness (QED) is 0.625. The summed E-state index contributed by atoms with van der Waals surface area (Å²) < 4.78 is 48.9. The minimum absolute atomic E-state index is 0.178. The zero-order valence-electron chi connectivity index (χ0n) is 8.61. The lowest BCUT2D eigenvalue weighted by Crippen LogP contribution is -2.24. The van der Waals surface area contributed by atoms with Crippen LogP contribution in [0.1, 0.15) is 13.3 Å². The van der Waals surface area contributed by atoms with Gasteiger partial charge in [-0.05, 0) is 25.1 Å². The Hall–Kier alpha value is -1.46. The van der Waals surface area contributed by atoms with Crippen LogP contribution in [-0.4, -0.2) is 12.2 Å². The molecule has 0 aliphatic rings. The molecule has 0 saturated carbocycles. The van der Waals surface area contributed by atoms with E-state index >= 15 is 0 Å². The molecule has 3 N–H and O–H groups in total. The summed E-state index contributed by atoms with van der Waals surface area (Å²) in [5.41, 5.74) is 5.89. The number of hydrogen-bond acceptors (Lipinski definition) is 2. The summed E-state index contributed by atoms with van der Waals surface area (Å²) in [7, 11) is 0. The van der Waals surface area contributed by atoms with Gasteiger partial charge in [-0.1, -0.05) is 0 Å². The molecule has 0 spiro atoms. The first-order valence-electron chi connectivity index (χ1n) is 4.66. The van der Waals surface area contributed by atoms with Gasteiger partial charge >= 0.3 is 6.18 Å². The van der Waals surface area contributed by atoms with Gasteiger partial charge in [0.2, 0.25) is 0 Å². The Morgan fingerprint density at radius 2 is 2.00 bits per heavy atom. The maximum absolute atomic E-state index is 12.8. The largest absolute Gasteiger partial charge is 0.397 e. The van der Waals surface area contributed by atoms with Crippen LogP contribution < -0.4 is 11.1 Å². The summed E-state index contributed by atoms with van der Waals surface area (Å²) in [6, 6.07) is 2.67. The van der Waals surface area contributed by atoms with Crippen LogP contribution in [0.5, 0.6) is 0 Å². The Labute approximate surface area is 90.4 Å². The Morgan fingerprint density at radius 1 is 1.38 bits per heavy atom. The molecule has 1 atom stereocenters. The number of nitrogen functional groups attached to an aromatic ring is 1. The summed E-state index contributed by atoms with van der Waals surface area (Å²) in [4.78, 5) is 0. The number of rotatable bonds is 3. The third-order valence-electron chi connectivity index (χ3n) is 1.95. The van der Waals surface area contributed by atoms with E-state index in [1.807, 2.05) is 0 Å². The number of hydrogen-bond donors (Lipinski definition) is 2. The van der Waals surface area contributed by atoms with E-state index in [1.54, 1.807) is 0 Å². The smallest absolute Gasteiger partial charge is 0.391 e. The summed E-state index contributed by atoms with van der Waals surface area (Å²) in [6.45, 7) is 1.36. The van der Waals surface area contributed by atoms with E-state index in [0.717, 1.165) is 12.1 Å². The SMILES string of the molecule is CC(CC(F)(F)F)Nc1cc(F)ccc1N. The van der Waals surface area contributed by atoms with Crippen molar-refractivity contribution in [2.75, 3.05) is 11.1 Å². The summed E-state index contributed by atoms with van der Waals surface area (Å²) in [5, 5.41) is 2.52. The van der Waals surface area contributed by atoms with Crippen molar-refractivity contribution in [2.24, 2.45) is 0 Å². The van der Waals surface area contributed by atoms with Crippen LogP contribution in [0.25, 0.3) is 0 Å². The molecule has 1 rings (SSSR count). The number of nitrogens with two attached hydrogens (primary N) is 1. The molecule has 16 heavy (non-hydrogen) atoms. The fourth-order valence-electron chi connectivity index (χ4n) is 1.32. The highest BCUT2D eigenvalue weighted by molar-refractivity contribution is 5.66. The van der Waals surface area contributed by atoms with Crippen LogP contribution in [0.3, 0.4) is 0 Å². The maximum atomic E-state index is 12.8. The second-order valence-electron chi connectivity index (χ2n) is 3.60. The lowest BCUT2D eigenvalue weighted by Gasteiger charge is -2.18. The summed E-state index contributed by atoms with van der Waals surface area (Å²) >= 11 is 0. The Morgan fingerprint density at radius 3 is 2.56 bits per heavy atom. The lowest BCUT2D eigenvalue weighted by molar-refractivity contribution is -0.136. The van der Waals surface area contributed by atoms with Crippen molar-refractivity contribution in [1.82, 2.24) is 0 Å².